The van der Waals surface area contributed by atoms with E-state index in [2.05, 4.69) is 25.7 Å². The summed E-state index contributed by atoms with van der Waals surface area (Å²) in [6, 6.07) is 0. The molecule has 0 saturated carbocycles. The predicted molar refractivity (Wildman–Crippen MR) is 48.0 cm³/mol. The van der Waals surface area contributed by atoms with Gasteiger partial charge in [0.2, 0.25) is 0 Å². The first kappa shape index (κ1) is 9.22. The minimum Gasteiger partial charge on any atom is -0.0961 e. The van der Waals surface area contributed by atoms with Crippen molar-refractivity contribution in [1.82, 2.24) is 0 Å². The van der Waals surface area contributed by atoms with Gasteiger partial charge in [-0.25, -0.2) is 0 Å². The van der Waals surface area contributed by atoms with Gasteiger partial charge in [0, 0.05) is 0 Å². The van der Waals surface area contributed by atoms with E-state index in [1.165, 1.54) is 12.8 Å². The summed E-state index contributed by atoms with van der Waals surface area (Å²) < 4.78 is 0. The van der Waals surface area contributed by atoms with Crippen molar-refractivity contribution in [3.05, 3.63) is 36.5 Å². The van der Waals surface area contributed by atoms with E-state index >= 15 is 0 Å². The third-order valence-corrected chi connectivity index (χ3v) is 1.08. The molecule has 0 fully saturated rings. The Kier molecular flexibility index (Phi) is 5.85. The Hall–Kier alpha value is -0.780. The Bertz CT molecular complexity index is 138. The summed E-state index contributed by atoms with van der Waals surface area (Å²) in [7, 11) is 0. The van der Waals surface area contributed by atoms with Gasteiger partial charge in [-0.2, -0.15) is 0 Å². The molecule has 10 heavy (non-hydrogen) atoms. The molecule has 0 rings (SSSR count). The first-order chi connectivity index (χ1) is 4.77. The Morgan fingerprint density at radius 2 is 2.10 bits per heavy atom. The van der Waals surface area contributed by atoms with Crippen LogP contribution in [0.25, 0.3) is 0 Å². The van der Waals surface area contributed by atoms with Crippen LogP contribution in [0.2, 0.25) is 0 Å². The van der Waals surface area contributed by atoms with Crippen LogP contribution in [0.4, 0.5) is 0 Å². The highest BCUT2D eigenvalue weighted by Gasteiger charge is 1.71. The molecule has 0 nitrogen and oxygen atoms in total. The minimum absolute atomic E-state index is 1.10. The van der Waals surface area contributed by atoms with E-state index in [0.29, 0.717) is 0 Å². The lowest BCUT2D eigenvalue weighted by Crippen LogP contribution is -1.61. The number of hydrogen-bond donors (Lipinski definition) is 0. The van der Waals surface area contributed by atoms with Crippen LogP contribution in [-0.4, -0.2) is 0 Å². The molecule has 0 bridgehead atoms. The fourth-order valence-electron chi connectivity index (χ4n) is 0.561. The highest BCUT2D eigenvalue weighted by atomic mass is 13.8. The molecule has 0 unspecified atom stereocenters. The van der Waals surface area contributed by atoms with Gasteiger partial charge in [0.05, 0.1) is 0 Å². The second-order valence-electron chi connectivity index (χ2n) is 2.42. The van der Waals surface area contributed by atoms with Crippen LogP contribution in [0.3, 0.4) is 0 Å². The van der Waals surface area contributed by atoms with E-state index < -0.39 is 0 Å². The van der Waals surface area contributed by atoms with Crippen LogP contribution in [-0.2, 0) is 0 Å². The van der Waals surface area contributed by atoms with Crippen molar-refractivity contribution in [2.24, 2.45) is 0 Å². The van der Waals surface area contributed by atoms with Crippen molar-refractivity contribution < 1.29 is 0 Å². The van der Waals surface area contributed by atoms with Gasteiger partial charge >= 0.3 is 0 Å². The average molecular weight is 136 g/mol. The van der Waals surface area contributed by atoms with E-state index in [9.17, 15) is 0 Å². The quantitative estimate of drug-likeness (QED) is 0.519. The molecule has 0 amide bonds. The van der Waals surface area contributed by atoms with Gasteiger partial charge in [-0.3, -0.25) is 0 Å². The molecule has 56 valence electrons. The number of allylic oxidation sites excluding steroid dienone is 5. The van der Waals surface area contributed by atoms with Gasteiger partial charge in [-0.15, -0.1) is 0 Å². The lowest BCUT2D eigenvalue weighted by molar-refractivity contribution is 0.959. The van der Waals surface area contributed by atoms with Crippen molar-refractivity contribution in [2.75, 3.05) is 0 Å². The van der Waals surface area contributed by atoms with Crippen LogP contribution >= 0.6 is 0 Å². The lowest BCUT2D eigenvalue weighted by Gasteiger charge is -1.82. The molecule has 0 aliphatic heterocycles. The summed E-state index contributed by atoms with van der Waals surface area (Å²) in [5, 5.41) is 0. The van der Waals surface area contributed by atoms with Gasteiger partial charge < -0.3 is 0 Å². The fourth-order valence-corrected chi connectivity index (χ4v) is 0.561. The molecule has 0 aliphatic carbocycles. The minimum atomic E-state index is 1.10. The Morgan fingerprint density at radius 1 is 1.40 bits per heavy atom. The molecule has 0 atom stereocenters. The van der Waals surface area contributed by atoms with Crippen molar-refractivity contribution >= 4 is 0 Å². The molecule has 0 aromatic heterocycles. The maximum Gasteiger partial charge on any atom is -0.0350 e. The molecule has 0 spiro atoms. The van der Waals surface area contributed by atoms with Crippen LogP contribution in [0, 0.1) is 0 Å². The van der Waals surface area contributed by atoms with Crippen LogP contribution in [0.15, 0.2) is 36.5 Å². The first-order valence-corrected chi connectivity index (χ1v) is 3.76. The Morgan fingerprint density at radius 3 is 2.60 bits per heavy atom. The van der Waals surface area contributed by atoms with Crippen molar-refractivity contribution in [2.45, 2.75) is 26.7 Å². The summed E-state index contributed by atoms with van der Waals surface area (Å²) in [6.07, 6.45) is 10.7. The summed E-state index contributed by atoms with van der Waals surface area (Å²) in [5.41, 5.74) is 1.10. The Balaban J connectivity index is 3.42. The normalized spacial score (nSPS) is 11.4. The van der Waals surface area contributed by atoms with Crippen LogP contribution in [0.5, 0.6) is 0 Å². The third-order valence-electron chi connectivity index (χ3n) is 1.08. The summed E-state index contributed by atoms with van der Waals surface area (Å²) in [5.74, 6) is 0. The maximum atomic E-state index is 3.75. The second kappa shape index (κ2) is 6.34. The number of unbranched alkanes of at least 4 members (excludes halogenated alkanes) is 1. The topological polar surface area (TPSA) is 0 Å². The van der Waals surface area contributed by atoms with Crippen LogP contribution in [0.1, 0.15) is 26.7 Å². The average Bonchev–Trinajstić information content (AvgIpc) is 1.87. The third kappa shape index (κ3) is 7.22. The zero-order valence-corrected chi connectivity index (χ0v) is 6.93. The molecule has 0 saturated heterocycles. The van der Waals surface area contributed by atoms with Gasteiger partial charge in [0.1, 0.15) is 0 Å². The molecule has 0 N–H and O–H groups in total. The predicted octanol–water partition coefficient (Wildman–Crippen LogP) is 3.48. The first-order valence-electron chi connectivity index (χ1n) is 3.76. The number of hydrogen-bond acceptors (Lipinski definition) is 0. The summed E-state index contributed by atoms with van der Waals surface area (Å²) in [6.45, 7) is 7.92. The smallest absolute Gasteiger partial charge is 0.0350 e. The van der Waals surface area contributed by atoms with Gasteiger partial charge in [0.15, 0.2) is 0 Å². The molecule has 0 aromatic rings. The molecular weight excluding hydrogens is 120 g/mol. The SMILES string of the molecule is C=C(C)/C=C/C=C/CCC. The zero-order chi connectivity index (χ0) is 7.82. The van der Waals surface area contributed by atoms with Gasteiger partial charge in [0.25, 0.3) is 0 Å². The monoisotopic (exact) mass is 136 g/mol. The second-order valence-corrected chi connectivity index (χ2v) is 2.42. The molecule has 0 radical (unpaired) electrons. The number of rotatable bonds is 4. The molecule has 0 aliphatic rings. The van der Waals surface area contributed by atoms with E-state index in [1.54, 1.807) is 0 Å². The standard InChI is InChI=1S/C10H16/c1-4-5-6-7-8-9-10(2)3/h6-9H,2,4-5H2,1,3H3/b7-6+,9-8+. The summed E-state index contributed by atoms with van der Waals surface area (Å²) in [4.78, 5) is 0. The maximum absolute atomic E-state index is 3.75. The van der Waals surface area contributed by atoms with Crippen molar-refractivity contribution in [1.29, 1.82) is 0 Å². The highest BCUT2D eigenvalue weighted by Crippen LogP contribution is 1.92. The molecule has 0 heterocycles. The van der Waals surface area contributed by atoms with Crippen molar-refractivity contribution in [3.63, 3.8) is 0 Å². The molecular formula is C10H16. The Labute approximate surface area is 64.0 Å². The lowest BCUT2D eigenvalue weighted by atomic mass is 10.3. The fraction of sp³-hybridized carbons (Fsp3) is 0.400. The summed E-state index contributed by atoms with van der Waals surface area (Å²) >= 11 is 0. The van der Waals surface area contributed by atoms with E-state index in [-0.39, 0.29) is 0 Å². The van der Waals surface area contributed by atoms with E-state index in [1.807, 2.05) is 19.1 Å². The van der Waals surface area contributed by atoms with E-state index in [0.717, 1.165) is 5.57 Å². The highest BCUT2D eigenvalue weighted by molar-refractivity contribution is 5.16. The van der Waals surface area contributed by atoms with Crippen LogP contribution < -0.4 is 0 Å². The van der Waals surface area contributed by atoms with Crippen molar-refractivity contribution in [3.8, 4) is 0 Å². The molecule has 0 heteroatoms. The largest absolute Gasteiger partial charge is 0.0961 e. The van der Waals surface area contributed by atoms with Gasteiger partial charge in [-0.1, -0.05) is 49.8 Å². The molecule has 0 aromatic carbocycles. The zero-order valence-electron chi connectivity index (χ0n) is 6.93. The van der Waals surface area contributed by atoms with E-state index in [4.69, 9.17) is 0 Å². The van der Waals surface area contributed by atoms with Gasteiger partial charge in [-0.05, 0) is 13.3 Å².